The van der Waals surface area contributed by atoms with Gasteiger partial charge >= 0.3 is 0 Å². The summed E-state index contributed by atoms with van der Waals surface area (Å²) in [5, 5.41) is 10.7. The Morgan fingerprint density at radius 3 is 2.90 bits per heavy atom. The van der Waals surface area contributed by atoms with Gasteiger partial charge in [-0.25, -0.2) is 19.0 Å². The Balaban J connectivity index is 1.57. The molecule has 0 fully saturated rings. The highest BCUT2D eigenvalue weighted by Gasteiger charge is 2.21. The van der Waals surface area contributed by atoms with E-state index in [0.717, 1.165) is 5.56 Å². The van der Waals surface area contributed by atoms with E-state index in [1.54, 1.807) is 25.4 Å². The van der Waals surface area contributed by atoms with Crippen molar-refractivity contribution in [1.82, 2.24) is 20.3 Å². The maximum atomic E-state index is 13.4. The molecule has 1 amide bonds. The standard InChI is InChI=1S/C19H13BrFN7O2S/c1-9-15(31-19(24-9)10-3-2-6-23-8-10)18(29)26-17-14(27-30-28-17)16(22)25-11-4-5-13(21)12(20)7-11/h2-8H,1H3,(H2,22,25)(H,26,28,29). The average molecular weight is 502 g/mol. The van der Waals surface area contributed by atoms with Gasteiger partial charge in [0.2, 0.25) is 5.82 Å². The fourth-order valence-corrected chi connectivity index (χ4v) is 3.89. The molecule has 0 radical (unpaired) electrons. The van der Waals surface area contributed by atoms with Crippen LogP contribution in [0.3, 0.4) is 0 Å². The van der Waals surface area contributed by atoms with E-state index in [0.29, 0.717) is 21.3 Å². The highest BCUT2D eigenvalue weighted by molar-refractivity contribution is 9.10. The topological polar surface area (TPSA) is 132 Å². The van der Waals surface area contributed by atoms with Gasteiger partial charge < -0.3 is 11.1 Å². The summed E-state index contributed by atoms with van der Waals surface area (Å²) in [6, 6.07) is 7.79. The van der Waals surface area contributed by atoms with Crippen LogP contribution in [0.5, 0.6) is 0 Å². The van der Waals surface area contributed by atoms with Crippen LogP contribution in [0, 0.1) is 12.7 Å². The molecule has 0 aliphatic carbocycles. The van der Waals surface area contributed by atoms with Crippen LogP contribution in [0.15, 0.2) is 56.8 Å². The molecule has 0 spiro atoms. The smallest absolute Gasteiger partial charge is 0.268 e. The van der Waals surface area contributed by atoms with Gasteiger partial charge in [0.15, 0.2) is 11.5 Å². The summed E-state index contributed by atoms with van der Waals surface area (Å²) in [5.41, 5.74) is 7.78. The molecule has 0 bridgehead atoms. The monoisotopic (exact) mass is 501 g/mol. The van der Waals surface area contributed by atoms with Gasteiger partial charge in [0.25, 0.3) is 5.91 Å². The third kappa shape index (κ3) is 4.49. The fourth-order valence-electron chi connectivity index (χ4n) is 2.57. The first kappa shape index (κ1) is 20.8. The van der Waals surface area contributed by atoms with Gasteiger partial charge in [-0.3, -0.25) is 9.78 Å². The largest absolute Gasteiger partial charge is 0.382 e. The summed E-state index contributed by atoms with van der Waals surface area (Å²) in [6.07, 6.45) is 3.33. The van der Waals surface area contributed by atoms with E-state index in [1.807, 2.05) is 6.07 Å². The van der Waals surface area contributed by atoms with Crippen LogP contribution in [0.25, 0.3) is 10.6 Å². The molecule has 0 saturated heterocycles. The summed E-state index contributed by atoms with van der Waals surface area (Å²) >= 11 is 4.30. The molecule has 9 nitrogen and oxygen atoms in total. The number of amides is 1. The summed E-state index contributed by atoms with van der Waals surface area (Å²) in [4.78, 5) is 25.9. The molecule has 1 aromatic carbocycles. The number of amidine groups is 1. The van der Waals surface area contributed by atoms with Crippen LogP contribution in [0.4, 0.5) is 15.9 Å². The van der Waals surface area contributed by atoms with Crippen LogP contribution in [-0.4, -0.2) is 32.0 Å². The van der Waals surface area contributed by atoms with E-state index in [4.69, 9.17) is 10.4 Å². The third-order valence-corrected chi connectivity index (χ3v) is 5.84. The van der Waals surface area contributed by atoms with Crippen molar-refractivity contribution in [2.45, 2.75) is 6.92 Å². The van der Waals surface area contributed by atoms with E-state index in [2.05, 4.69) is 46.5 Å². The molecule has 4 rings (SSSR count). The second-order valence-corrected chi connectivity index (χ2v) is 8.04. The lowest BCUT2D eigenvalue weighted by molar-refractivity contribution is 0.102. The Bertz CT molecular complexity index is 1290. The number of nitrogens with one attached hydrogen (secondary N) is 1. The van der Waals surface area contributed by atoms with E-state index < -0.39 is 11.7 Å². The highest BCUT2D eigenvalue weighted by atomic mass is 79.9. The van der Waals surface area contributed by atoms with E-state index >= 15 is 0 Å². The number of carbonyl (C=O) groups excluding carboxylic acids is 1. The quantitative estimate of drug-likeness (QED) is 0.310. The number of thiazole rings is 1. The van der Waals surface area contributed by atoms with Crippen molar-refractivity contribution in [3.05, 3.63) is 69.3 Å². The molecule has 31 heavy (non-hydrogen) atoms. The van der Waals surface area contributed by atoms with Gasteiger partial charge in [0.05, 0.1) is 15.9 Å². The molecule has 3 aromatic heterocycles. The van der Waals surface area contributed by atoms with Crippen molar-refractivity contribution in [2.75, 3.05) is 5.32 Å². The van der Waals surface area contributed by atoms with Crippen molar-refractivity contribution >= 4 is 50.5 Å². The highest BCUT2D eigenvalue weighted by Crippen LogP contribution is 2.28. The SMILES string of the molecule is Cc1nc(-c2cccnc2)sc1C(=O)Nc1nonc1C(N)=Nc1ccc(F)c(Br)c1. The average Bonchev–Trinajstić information content (AvgIpc) is 3.38. The number of anilines is 1. The third-order valence-electron chi connectivity index (χ3n) is 4.03. The second kappa shape index (κ2) is 8.70. The first-order chi connectivity index (χ1) is 14.9. The van der Waals surface area contributed by atoms with Crippen LogP contribution in [0.1, 0.15) is 21.1 Å². The Morgan fingerprint density at radius 2 is 2.16 bits per heavy atom. The molecule has 4 aromatic rings. The van der Waals surface area contributed by atoms with Crippen molar-refractivity contribution in [3.8, 4) is 10.6 Å². The maximum Gasteiger partial charge on any atom is 0.268 e. The lowest BCUT2D eigenvalue weighted by Gasteiger charge is -2.02. The van der Waals surface area contributed by atoms with Crippen LogP contribution in [0.2, 0.25) is 0 Å². The molecule has 3 N–H and O–H groups in total. The fraction of sp³-hybridized carbons (Fsp3) is 0.0526. The van der Waals surface area contributed by atoms with Crippen molar-refractivity contribution in [1.29, 1.82) is 0 Å². The van der Waals surface area contributed by atoms with Gasteiger partial charge in [-0.05, 0) is 63.5 Å². The summed E-state index contributed by atoms with van der Waals surface area (Å²) < 4.78 is 18.4. The number of benzene rings is 1. The van der Waals surface area contributed by atoms with Gasteiger partial charge in [-0.15, -0.1) is 11.3 Å². The minimum Gasteiger partial charge on any atom is -0.382 e. The Labute approximate surface area is 187 Å². The van der Waals surface area contributed by atoms with Gasteiger partial charge in [0.1, 0.15) is 15.7 Å². The van der Waals surface area contributed by atoms with Gasteiger partial charge in [-0.1, -0.05) is 0 Å². The van der Waals surface area contributed by atoms with Crippen LogP contribution in [-0.2, 0) is 0 Å². The Kier molecular flexibility index (Phi) is 5.82. The number of aryl methyl sites for hydroxylation is 1. The number of nitrogens with two attached hydrogens (primary N) is 1. The van der Waals surface area contributed by atoms with E-state index in [9.17, 15) is 9.18 Å². The second-order valence-electron chi connectivity index (χ2n) is 6.19. The van der Waals surface area contributed by atoms with Crippen molar-refractivity contribution in [3.63, 3.8) is 0 Å². The van der Waals surface area contributed by atoms with Crippen molar-refractivity contribution in [2.24, 2.45) is 10.7 Å². The number of hydrogen-bond acceptors (Lipinski definition) is 8. The number of nitrogens with zero attached hydrogens (tertiary/aromatic N) is 5. The lowest BCUT2D eigenvalue weighted by Crippen LogP contribution is -2.19. The van der Waals surface area contributed by atoms with Gasteiger partial charge in [0, 0.05) is 18.0 Å². The molecule has 156 valence electrons. The maximum absolute atomic E-state index is 13.4. The predicted octanol–water partition coefficient (Wildman–Crippen LogP) is 4.09. The summed E-state index contributed by atoms with van der Waals surface area (Å²) in [7, 11) is 0. The molecule has 0 saturated carbocycles. The first-order valence-electron chi connectivity index (χ1n) is 8.73. The minimum absolute atomic E-state index is 0.00292. The van der Waals surface area contributed by atoms with Gasteiger partial charge in [-0.2, -0.15) is 0 Å². The molecule has 3 heterocycles. The molecular formula is C19H13BrFN7O2S. The number of halogens is 2. The number of carbonyl (C=O) groups is 1. The molecule has 0 aliphatic rings. The Morgan fingerprint density at radius 1 is 1.32 bits per heavy atom. The normalized spacial score (nSPS) is 11.5. The number of pyridine rings is 1. The summed E-state index contributed by atoms with van der Waals surface area (Å²) in [6.45, 7) is 1.73. The minimum atomic E-state index is -0.445. The first-order valence-corrected chi connectivity index (χ1v) is 10.3. The summed E-state index contributed by atoms with van der Waals surface area (Å²) in [5.74, 6) is -0.936. The van der Waals surface area contributed by atoms with Crippen molar-refractivity contribution < 1.29 is 13.8 Å². The van der Waals surface area contributed by atoms with E-state index in [1.165, 1.54) is 29.5 Å². The Hall–Kier alpha value is -3.51. The number of hydrogen-bond donors (Lipinski definition) is 2. The zero-order valence-electron chi connectivity index (χ0n) is 15.8. The number of rotatable bonds is 5. The molecule has 0 atom stereocenters. The van der Waals surface area contributed by atoms with E-state index in [-0.39, 0.29) is 21.8 Å². The molecule has 0 unspecified atom stereocenters. The molecule has 12 heteroatoms. The zero-order valence-corrected chi connectivity index (χ0v) is 18.2. The predicted molar refractivity (Wildman–Crippen MR) is 117 cm³/mol. The van der Waals surface area contributed by atoms with Crippen LogP contribution >= 0.6 is 27.3 Å². The number of aromatic nitrogens is 4. The zero-order chi connectivity index (χ0) is 22.0. The molecule has 0 aliphatic heterocycles. The lowest BCUT2D eigenvalue weighted by atomic mass is 10.3. The number of aliphatic imine (C=N–C) groups is 1. The van der Waals surface area contributed by atoms with Crippen LogP contribution < -0.4 is 11.1 Å². The molecular weight excluding hydrogens is 489 g/mol.